The molecule has 0 N–H and O–H groups in total. The first kappa shape index (κ1) is 13.8. The fraction of sp³-hybridized carbons (Fsp3) is 0.786. The SMILES string of the molecule is CC(C)c1nnc(N2CCC(C(=O)N3CCCC3)C2)s1. The van der Waals surface area contributed by atoms with Crippen molar-refractivity contribution < 1.29 is 4.79 Å². The van der Waals surface area contributed by atoms with Gasteiger partial charge < -0.3 is 9.80 Å². The minimum atomic E-state index is 0.152. The molecule has 6 heteroatoms. The summed E-state index contributed by atoms with van der Waals surface area (Å²) in [6.07, 6.45) is 3.28. The number of rotatable bonds is 3. The fourth-order valence-electron chi connectivity index (χ4n) is 2.92. The average molecular weight is 294 g/mol. The summed E-state index contributed by atoms with van der Waals surface area (Å²) in [5.74, 6) is 0.920. The Morgan fingerprint density at radius 1 is 1.25 bits per heavy atom. The molecule has 1 unspecified atom stereocenters. The highest BCUT2D eigenvalue weighted by molar-refractivity contribution is 7.15. The number of aromatic nitrogens is 2. The largest absolute Gasteiger partial charge is 0.346 e. The van der Waals surface area contributed by atoms with Crippen LogP contribution in [-0.4, -0.2) is 47.2 Å². The molecule has 2 aliphatic heterocycles. The van der Waals surface area contributed by atoms with Crippen molar-refractivity contribution in [1.29, 1.82) is 0 Å². The zero-order valence-corrected chi connectivity index (χ0v) is 13.0. The van der Waals surface area contributed by atoms with Crippen molar-refractivity contribution in [1.82, 2.24) is 15.1 Å². The van der Waals surface area contributed by atoms with E-state index >= 15 is 0 Å². The molecule has 20 heavy (non-hydrogen) atoms. The first-order valence-corrected chi connectivity index (χ1v) is 8.34. The summed E-state index contributed by atoms with van der Waals surface area (Å²) in [5.41, 5.74) is 0. The van der Waals surface area contributed by atoms with E-state index in [1.165, 1.54) is 0 Å². The van der Waals surface area contributed by atoms with Gasteiger partial charge in [0.1, 0.15) is 5.01 Å². The van der Waals surface area contributed by atoms with Gasteiger partial charge in [-0.15, -0.1) is 10.2 Å². The number of amides is 1. The molecule has 0 bridgehead atoms. The van der Waals surface area contributed by atoms with Gasteiger partial charge in [-0.05, 0) is 19.3 Å². The van der Waals surface area contributed by atoms with Gasteiger partial charge in [-0.1, -0.05) is 25.2 Å². The number of likely N-dealkylation sites (tertiary alicyclic amines) is 1. The molecule has 0 aliphatic carbocycles. The summed E-state index contributed by atoms with van der Waals surface area (Å²) >= 11 is 1.66. The average Bonchev–Trinajstić information content (AvgIpc) is 3.17. The van der Waals surface area contributed by atoms with E-state index in [4.69, 9.17) is 0 Å². The number of hydrogen-bond acceptors (Lipinski definition) is 5. The molecule has 5 nitrogen and oxygen atoms in total. The third-order valence-electron chi connectivity index (χ3n) is 4.15. The van der Waals surface area contributed by atoms with Gasteiger partial charge in [0.25, 0.3) is 0 Å². The summed E-state index contributed by atoms with van der Waals surface area (Å²) in [4.78, 5) is 16.7. The maximum atomic E-state index is 12.4. The van der Waals surface area contributed by atoms with Crippen LogP contribution in [0.25, 0.3) is 0 Å². The molecule has 1 atom stereocenters. The Hall–Kier alpha value is -1.17. The lowest BCUT2D eigenvalue weighted by Crippen LogP contribution is -2.35. The first-order valence-electron chi connectivity index (χ1n) is 7.52. The minimum absolute atomic E-state index is 0.152. The van der Waals surface area contributed by atoms with E-state index in [1.54, 1.807) is 11.3 Å². The van der Waals surface area contributed by atoms with E-state index in [-0.39, 0.29) is 5.92 Å². The summed E-state index contributed by atoms with van der Waals surface area (Å²) in [6, 6.07) is 0. The van der Waals surface area contributed by atoms with E-state index < -0.39 is 0 Å². The third kappa shape index (κ3) is 2.66. The number of hydrogen-bond donors (Lipinski definition) is 0. The summed E-state index contributed by atoms with van der Waals surface area (Å²) in [7, 11) is 0. The van der Waals surface area contributed by atoms with Crippen molar-refractivity contribution in [2.75, 3.05) is 31.1 Å². The maximum absolute atomic E-state index is 12.4. The van der Waals surface area contributed by atoms with Crippen LogP contribution in [0.4, 0.5) is 5.13 Å². The van der Waals surface area contributed by atoms with Crippen LogP contribution in [0.3, 0.4) is 0 Å². The van der Waals surface area contributed by atoms with E-state index in [0.29, 0.717) is 11.8 Å². The lowest BCUT2D eigenvalue weighted by Gasteiger charge is -2.20. The predicted molar refractivity (Wildman–Crippen MR) is 80.1 cm³/mol. The molecule has 3 rings (SSSR count). The van der Waals surface area contributed by atoms with Crippen molar-refractivity contribution in [3.63, 3.8) is 0 Å². The number of carbonyl (C=O) groups is 1. The Balaban J connectivity index is 1.62. The maximum Gasteiger partial charge on any atom is 0.227 e. The second-order valence-electron chi connectivity index (χ2n) is 6.04. The lowest BCUT2D eigenvalue weighted by atomic mass is 10.1. The van der Waals surface area contributed by atoms with Crippen LogP contribution in [0.15, 0.2) is 0 Å². The Bertz CT molecular complexity index is 481. The summed E-state index contributed by atoms with van der Waals surface area (Å²) < 4.78 is 0. The highest BCUT2D eigenvalue weighted by Crippen LogP contribution is 2.30. The van der Waals surface area contributed by atoms with Crippen molar-refractivity contribution in [3.05, 3.63) is 5.01 Å². The Labute approximate surface area is 124 Å². The summed E-state index contributed by atoms with van der Waals surface area (Å²) in [6.45, 7) is 7.90. The molecule has 2 aliphatic rings. The van der Waals surface area contributed by atoms with Crippen LogP contribution in [0.1, 0.15) is 44.0 Å². The number of nitrogens with zero attached hydrogens (tertiary/aromatic N) is 4. The zero-order chi connectivity index (χ0) is 14.1. The van der Waals surface area contributed by atoms with Crippen molar-refractivity contribution in [2.24, 2.45) is 5.92 Å². The van der Waals surface area contributed by atoms with Crippen molar-refractivity contribution >= 4 is 22.4 Å². The van der Waals surface area contributed by atoms with E-state index in [0.717, 1.165) is 55.6 Å². The first-order chi connectivity index (χ1) is 9.65. The second-order valence-corrected chi connectivity index (χ2v) is 7.03. The van der Waals surface area contributed by atoms with Gasteiger partial charge >= 0.3 is 0 Å². The number of carbonyl (C=O) groups excluding carboxylic acids is 1. The molecule has 3 heterocycles. The Morgan fingerprint density at radius 3 is 2.65 bits per heavy atom. The topological polar surface area (TPSA) is 49.3 Å². The molecule has 1 amide bonds. The third-order valence-corrected chi connectivity index (χ3v) is 5.43. The zero-order valence-electron chi connectivity index (χ0n) is 12.2. The normalized spacial score (nSPS) is 23.1. The van der Waals surface area contributed by atoms with Crippen molar-refractivity contribution in [3.8, 4) is 0 Å². The molecule has 0 spiro atoms. The Kier molecular flexibility index (Phi) is 3.92. The van der Waals surface area contributed by atoms with Gasteiger partial charge in [-0.2, -0.15) is 0 Å². The molecule has 0 saturated carbocycles. The van der Waals surface area contributed by atoms with Gasteiger partial charge in [0.05, 0.1) is 5.92 Å². The molecule has 2 saturated heterocycles. The highest BCUT2D eigenvalue weighted by Gasteiger charge is 2.33. The smallest absolute Gasteiger partial charge is 0.227 e. The van der Waals surface area contributed by atoms with Gasteiger partial charge in [0.2, 0.25) is 11.0 Å². The van der Waals surface area contributed by atoms with Crippen LogP contribution in [0.2, 0.25) is 0 Å². The van der Waals surface area contributed by atoms with Crippen LogP contribution < -0.4 is 4.90 Å². The molecule has 110 valence electrons. The number of anilines is 1. The van der Waals surface area contributed by atoms with Gasteiger partial charge in [0.15, 0.2) is 0 Å². The van der Waals surface area contributed by atoms with Crippen LogP contribution in [0, 0.1) is 5.92 Å². The monoisotopic (exact) mass is 294 g/mol. The molecule has 0 radical (unpaired) electrons. The standard InChI is InChI=1S/C14H22N4OS/c1-10(2)12-15-16-14(20-12)18-8-5-11(9-18)13(19)17-6-3-4-7-17/h10-11H,3-9H2,1-2H3. The van der Waals surface area contributed by atoms with E-state index in [1.807, 2.05) is 4.90 Å². The fourth-order valence-corrected chi connectivity index (χ4v) is 3.80. The predicted octanol–water partition coefficient (Wildman–Crippen LogP) is 2.11. The van der Waals surface area contributed by atoms with Crippen molar-refractivity contribution in [2.45, 2.75) is 39.0 Å². The summed E-state index contributed by atoms with van der Waals surface area (Å²) in [5, 5.41) is 10.6. The highest BCUT2D eigenvalue weighted by atomic mass is 32.1. The van der Waals surface area contributed by atoms with Gasteiger partial charge in [-0.3, -0.25) is 4.79 Å². The van der Waals surface area contributed by atoms with Gasteiger partial charge in [-0.25, -0.2) is 0 Å². The molecular formula is C14H22N4OS. The molecule has 1 aromatic rings. The van der Waals surface area contributed by atoms with Crippen LogP contribution >= 0.6 is 11.3 Å². The van der Waals surface area contributed by atoms with Gasteiger partial charge in [0, 0.05) is 32.1 Å². The second kappa shape index (κ2) is 5.68. The molecule has 2 fully saturated rings. The lowest BCUT2D eigenvalue weighted by molar-refractivity contribution is -0.133. The Morgan fingerprint density at radius 2 is 2.00 bits per heavy atom. The quantitative estimate of drug-likeness (QED) is 0.857. The van der Waals surface area contributed by atoms with Crippen LogP contribution in [0.5, 0.6) is 0 Å². The molecule has 0 aromatic carbocycles. The van der Waals surface area contributed by atoms with E-state index in [2.05, 4.69) is 28.9 Å². The van der Waals surface area contributed by atoms with E-state index in [9.17, 15) is 4.79 Å². The molecule has 1 aromatic heterocycles. The molecular weight excluding hydrogens is 272 g/mol. The van der Waals surface area contributed by atoms with Crippen LogP contribution in [-0.2, 0) is 4.79 Å². The minimum Gasteiger partial charge on any atom is -0.346 e.